The van der Waals surface area contributed by atoms with Crippen molar-refractivity contribution in [2.75, 3.05) is 13.2 Å². The number of carbonyl (C=O) groups is 1. The molecule has 1 saturated heterocycles. The molecule has 0 bridgehead atoms. The normalized spacial score (nSPS) is 20.2. The lowest BCUT2D eigenvalue weighted by Gasteiger charge is -2.22. The van der Waals surface area contributed by atoms with Crippen molar-refractivity contribution >= 4 is 5.91 Å². The fourth-order valence-electron chi connectivity index (χ4n) is 1.87. The highest BCUT2D eigenvalue weighted by Crippen LogP contribution is 2.12. The quantitative estimate of drug-likeness (QED) is 0.821. The fraction of sp³-hybridized carbons (Fsp3) is 0.583. The molecule has 3 N–H and O–H groups in total. The van der Waals surface area contributed by atoms with E-state index in [-0.39, 0.29) is 12.0 Å². The Morgan fingerprint density at radius 3 is 3.00 bits per heavy atom. The number of amides is 1. The van der Waals surface area contributed by atoms with E-state index in [9.17, 15) is 4.79 Å². The minimum atomic E-state index is -0.209. The molecular weight excluding hydrogens is 220 g/mol. The molecule has 5 heteroatoms. The van der Waals surface area contributed by atoms with Gasteiger partial charge in [0.25, 0.3) is 5.91 Å². The van der Waals surface area contributed by atoms with E-state index in [4.69, 9.17) is 14.9 Å². The second-order valence-corrected chi connectivity index (χ2v) is 4.17. The third-order valence-electron chi connectivity index (χ3n) is 2.85. The summed E-state index contributed by atoms with van der Waals surface area (Å²) in [5, 5.41) is 2.81. The van der Waals surface area contributed by atoms with Gasteiger partial charge >= 0.3 is 0 Å². The smallest absolute Gasteiger partial charge is 0.287 e. The lowest BCUT2D eigenvalue weighted by molar-refractivity contribution is 0.0167. The molecular formula is C12H18N2O3. The molecule has 0 radical (unpaired) electrons. The van der Waals surface area contributed by atoms with Crippen molar-refractivity contribution in [3.63, 3.8) is 0 Å². The Morgan fingerprint density at radius 2 is 2.35 bits per heavy atom. The topological polar surface area (TPSA) is 77.5 Å². The molecule has 2 rings (SSSR count). The zero-order chi connectivity index (χ0) is 12.1. The number of carbonyl (C=O) groups excluding carboxylic acids is 1. The third-order valence-corrected chi connectivity index (χ3v) is 2.85. The van der Waals surface area contributed by atoms with Gasteiger partial charge in [-0.25, -0.2) is 0 Å². The number of nitrogens with two attached hydrogens (primary N) is 1. The molecule has 1 atom stereocenters. The van der Waals surface area contributed by atoms with Crippen molar-refractivity contribution in [1.29, 1.82) is 0 Å². The molecule has 1 fully saturated rings. The Bertz CT molecular complexity index is 370. The Labute approximate surface area is 100 Å². The van der Waals surface area contributed by atoms with Gasteiger partial charge in [-0.3, -0.25) is 4.79 Å². The average Bonchev–Trinajstić information content (AvgIpc) is 2.86. The van der Waals surface area contributed by atoms with Crippen LogP contribution in [0.5, 0.6) is 0 Å². The fourth-order valence-corrected chi connectivity index (χ4v) is 1.87. The predicted octanol–water partition coefficient (Wildman–Crippen LogP) is 1.04. The summed E-state index contributed by atoms with van der Waals surface area (Å²) in [5.41, 5.74) is 5.41. The first-order chi connectivity index (χ1) is 8.29. The third kappa shape index (κ3) is 3.31. The summed E-state index contributed by atoms with van der Waals surface area (Å²) < 4.78 is 10.8. The summed E-state index contributed by atoms with van der Waals surface area (Å²) >= 11 is 0. The Balaban J connectivity index is 1.80. The Kier molecular flexibility index (Phi) is 4.17. The van der Waals surface area contributed by atoms with Crippen LogP contribution >= 0.6 is 0 Å². The molecule has 1 amide bonds. The van der Waals surface area contributed by atoms with Crippen LogP contribution in [0.2, 0.25) is 0 Å². The largest absolute Gasteiger partial charge is 0.455 e. The number of hydrogen-bond donors (Lipinski definition) is 2. The van der Waals surface area contributed by atoms with E-state index in [2.05, 4.69) is 5.32 Å². The maximum Gasteiger partial charge on any atom is 0.287 e. The molecule has 1 aromatic rings. The van der Waals surface area contributed by atoms with E-state index < -0.39 is 0 Å². The maximum atomic E-state index is 11.7. The SMILES string of the molecule is NCc1ccc(C(=O)NCC2CCCCO2)o1. The van der Waals surface area contributed by atoms with Gasteiger partial charge in [-0.1, -0.05) is 0 Å². The molecule has 0 spiro atoms. The summed E-state index contributed by atoms with van der Waals surface area (Å²) in [7, 11) is 0. The van der Waals surface area contributed by atoms with Gasteiger partial charge in [-0.2, -0.15) is 0 Å². The van der Waals surface area contributed by atoms with Crippen LogP contribution in [0.4, 0.5) is 0 Å². The highest BCUT2D eigenvalue weighted by atomic mass is 16.5. The van der Waals surface area contributed by atoms with Gasteiger partial charge < -0.3 is 20.2 Å². The first-order valence-electron chi connectivity index (χ1n) is 5.98. The summed E-state index contributed by atoms with van der Waals surface area (Å²) in [5.74, 6) is 0.712. The Hall–Kier alpha value is -1.33. The number of hydrogen-bond acceptors (Lipinski definition) is 4. The van der Waals surface area contributed by atoms with Gasteiger partial charge in [0.2, 0.25) is 0 Å². The molecule has 0 aliphatic carbocycles. The molecule has 1 aromatic heterocycles. The van der Waals surface area contributed by atoms with Gasteiger partial charge in [0.1, 0.15) is 5.76 Å². The first kappa shape index (κ1) is 12.1. The summed E-state index contributed by atoms with van der Waals surface area (Å²) in [6, 6.07) is 3.35. The monoisotopic (exact) mass is 238 g/mol. The van der Waals surface area contributed by atoms with Crippen LogP contribution < -0.4 is 11.1 Å². The van der Waals surface area contributed by atoms with E-state index >= 15 is 0 Å². The van der Waals surface area contributed by atoms with Crippen LogP contribution in [-0.4, -0.2) is 25.2 Å². The molecule has 1 unspecified atom stereocenters. The second-order valence-electron chi connectivity index (χ2n) is 4.17. The van der Waals surface area contributed by atoms with E-state index in [1.54, 1.807) is 12.1 Å². The molecule has 0 aromatic carbocycles. The van der Waals surface area contributed by atoms with Gasteiger partial charge in [0.05, 0.1) is 12.6 Å². The number of ether oxygens (including phenoxy) is 1. The van der Waals surface area contributed by atoms with Crippen molar-refractivity contribution in [3.05, 3.63) is 23.7 Å². The van der Waals surface area contributed by atoms with Crippen LogP contribution in [-0.2, 0) is 11.3 Å². The zero-order valence-corrected chi connectivity index (χ0v) is 9.78. The van der Waals surface area contributed by atoms with Gasteiger partial charge in [0.15, 0.2) is 5.76 Å². The molecule has 94 valence electrons. The molecule has 0 saturated carbocycles. The van der Waals surface area contributed by atoms with Gasteiger partial charge in [-0.05, 0) is 31.4 Å². The number of nitrogens with one attached hydrogen (secondary N) is 1. The van der Waals surface area contributed by atoms with Gasteiger partial charge in [-0.15, -0.1) is 0 Å². The van der Waals surface area contributed by atoms with E-state index in [1.165, 1.54) is 6.42 Å². The standard InChI is InChI=1S/C12H18N2O3/c13-7-9-4-5-11(17-9)12(15)14-8-10-3-1-2-6-16-10/h4-5,10H,1-3,6-8,13H2,(H,14,15). The molecule has 17 heavy (non-hydrogen) atoms. The van der Waals surface area contributed by atoms with Crippen LogP contribution in [0.25, 0.3) is 0 Å². The van der Waals surface area contributed by atoms with E-state index in [0.29, 0.717) is 24.6 Å². The summed E-state index contributed by atoms with van der Waals surface area (Å²) in [6.45, 7) is 1.63. The second kappa shape index (κ2) is 5.84. The lowest BCUT2D eigenvalue weighted by atomic mass is 10.1. The minimum absolute atomic E-state index is 0.136. The van der Waals surface area contributed by atoms with Crippen molar-refractivity contribution < 1.29 is 13.9 Å². The first-order valence-corrected chi connectivity index (χ1v) is 5.98. The Morgan fingerprint density at radius 1 is 1.47 bits per heavy atom. The minimum Gasteiger partial charge on any atom is -0.455 e. The maximum absolute atomic E-state index is 11.7. The number of furan rings is 1. The van der Waals surface area contributed by atoms with Gasteiger partial charge in [0, 0.05) is 13.2 Å². The van der Waals surface area contributed by atoms with Crippen molar-refractivity contribution in [2.24, 2.45) is 5.73 Å². The van der Waals surface area contributed by atoms with Crippen molar-refractivity contribution in [3.8, 4) is 0 Å². The average molecular weight is 238 g/mol. The van der Waals surface area contributed by atoms with Crippen LogP contribution in [0, 0.1) is 0 Å². The van der Waals surface area contributed by atoms with Crippen molar-refractivity contribution in [2.45, 2.75) is 31.9 Å². The lowest BCUT2D eigenvalue weighted by Crippen LogP contribution is -2.35. The molecule has 2 heterocycles. The highest BCUT2D eigenvalue weighted by molar-refractivity contribution is 5.91. The predicted molar refractivity (Wildman–Crippen MR) is 62.5 cm³/mol. The highest BCUT2D eigenvalue weighted by Gasteiger charge is 2.16. The van der Waals surface area contributed by atoms with Crippen LogP contribution in [0.3, 0.4) is 0 Å². The molecule has 1 aliphatic rings. The van der Waals surface area contributed by atoms with Crippen molar-refractivity contribution in [1.82, 2.24) is 5.32 Å². The summed E-state index contributed by atoms with van der Waals surface area (Å²) in [4.78, 5) is 11.7. The zero-order valence-electron chi connectivity index (χ0n) is 9.78. The number of rotatable bonds is 4. The summed E-state index contributed by atoms with van der Waals surface area (Å²) in [6.07, 6.45) is 3.42. The molecule has 5 nitrogen and oxygen atoms in total. The van der Waals surface area contributed by atoms with E-state index in [0.717, 1.165) is 19.4 Å². The van der Waals surface area contributed by atoms with Crippen LogP contribution in [0.1, 0.15) is 35.6 Å². The van der Waals surface area contributed by atoms with Crippen LogP contribution in [0.15, 0.2) is 16.5 Å². The van der Waals surface area contributed by atoms with E-state index in [1.807, 2.05) is 0 Å². The molecule has 1 aliphatic heterocycles.